The van der Waals surface area contributed by atoms with Crippen molar-refractivity contribution in [3.63, 3.8) is 0 Å². The van der Waals surface area contributed by atoms with Gasteiger partial charge < -0.3 is 19.7 Å². The average molecular weight is 375 g/mol. The highest BCUT2D eigenvalue weighted by Crippen LogP contribution is 2.34. The monoisotopic (exact) mass is 374 g/mol. The zero-order chi connectivity index (χ0) is 18.5. The average Bonchev–Trinajstić information content (AvgIpc) is 2.69. The molecule has 1 heterocycles. The summed E-state index contributed by atoms with van der Waals surface area (Å²) in [5.41, 5.74) is 2.56. The number of nitrogens with one attached hydrogen (secondary N) is 1. The number of amides is 1. The molecule has 2 aromatic carbocycles. The summed E-state index contributed by atoms with van der Waals surface area (Å²) in [6, 6.07) is 12.9. The maximum atomic E-state index is 13.2. The summed E-state index contributed by atoms with van der Waals surface area (Å²) in [5, 5.41) is 3.99. The molecule has 6 heteroatoms. The minimum absolute atomic E-state index is 0.0224. The molecule has 0 radical (unpaired) electrons. The van der Waals surface area contributed by atoms with Gasteiger partial charge in [0.05, 0.1) is 26.0 Å². The summed E-state index contributed by atoms with van der Waals surface area (Å²) in [7, 11) is 1.59. The number of benzene rings is 2. The fourth-order valence-electron chi connectivity index (χ4n) is 3.00. The van der Waals surface area contributed by atoms with E-state index in [0.717, 1.165) is 16.8 Å². The lowest BCUT2D eigenvalue weighted by molar-refractivity contribution is -0.136. The van der Waals surface area contributed by atoms with Gasteiger partial charge in [-0.3, -0.25) is 4.79 Å². The molecule has 1 fully saturated rings. The van der Waals surface area contributed by atoms with Crippen LogP contribution in [0.25, 0.3) is 0 Å². The molecular weight excluding hydrogens is 352 g/mol. The van der Waals surface area contributed by atoms with Crippen LogP contribution in [0.15, 0.2) is 42.5 Å². The van der Waals surface area contributed by atoms with E-state index in [0.29, 0.717) is 37.1 Å². The number of nitrogens with zero attached hydrogens (tertiary/aromatic N) is 1. The Labute approximate surface area is 158 Å². The summed E-state index contributed by atoms with van der Waals surface area (Å²) >= 11 is 6.21. The van der Waals surface area contributed by atoms with Crippen molar-refractivity contribution in [2.24, 2.45) is 0 Å². The zero-order valence-electron chi connectivity index (χ0n) is 15.0. The molecule has 0 saturated carbocycles. The number of anilines is 1. The lowest BCUT2D eigenvalue weighted by atomic mass is 10.0. The van der Waals surface area contributed by atoms with Crippen molar-refractivity contribution in [2.45, 2.75) is 13.0 Å². The highest BCUT2D eigenvalue weighted by molar-refractivity contribution is 6.31. The second-order valence-electron chi connectivity index (χ2n) is 6.23. The number of carbonyl (C=O) groups is 1. The first-order valence-corrected chi connectivity index (χ1v) is 9.00. The lowest BCUT2D eigenvalue weighted by Crippen LogP contribution is -2.44. The summed E-state index contributed by atoms with van der Waals surface area (Å²) in [6.07, 6.45) is 0. The minimum atomic E-state index is -0.510. The van der Waals surface area contributed by atoms with Crippen molar-refractivity contribution in [1.82, 2.24) is 4.90 Å². The third-order valence-corrected chi connectivity index (χ3v) is 4.89. The van der Waals surface area contributed by atoms with Crippen LogP contribution in [0.2, 0.25) is 5.02 Å². The number of aryl methyl sites for hydroxylation is 1. The summed E-state index contributed by atoms with van der Waals surface area (Å²) in [4.78, 5) is 15.0. The third kappa shape index (κ3) is 4.11. The van der Waals surface area contributed by atoms with Gasteiger partial charge in [-0.15, -0.1) is 0 Å². The Morgan fingerprint density at radius 3 is 2.58 bits per heavy atom. The molecule has 1 amide bonds. The smallest absolute Gasteiger partial charge is 0.249 e. The van der Waals surface area contributed by atoms with Crippen LogP contribution >= 0.6 is 11.6 Å². The highest BCUT2D eigenvalue weighted by Gasteiger charge is 2.28. The van der Waals surface area contributed by atoms with Crippen LogP contribution < -0.4 is 10.1 Å². The van der Waals surface area contributed by atoms with Gasteiger partial charge in [-0.25, -0.2) is 0 Å². The van der Waals surface area contributed by atoms with E-state index >= 15 is 0 Å². The number of hydrogen-bond acceptors (Lipinski definition) is 4. The van der Waals surface area contributed by atoms with Gasteiger partial charge in [0.1, 0.15) is 11.8 Å². The molecule has 5 nitrogen and oxygen atoms in total. The van der Waals surface area contributed by atoms with Gasteiger partial charge in [-0.1, -0.05) is 41.9 Å². The van der Waals surface area contributed by atoms with E-state index in [2.05, 4.69) is 5.32 Å². The molecule has 0 unspecified atom stereocenters. The van der Waals surface area contributed by atoms with Crippen LogP contribution in [-0.4, -0.2) is 44.2 Å². The quantitative estimate of drug-likeness (QED) is 0.867. The summed E-state index contributed by atoms with van der Waals surface area (Å²) in [5.74, 6) is 0.630. The number of ether oxygens (including phenoxy) is 2. The van der Waals surface area contributed by atoms with Crippen LogP contribution in [0, 0.1) is 6.92 Å². The van der Waals surface area contributed by atoms with Crippen LogP contribution in [0.5, 0.6) is 5.75 Å². The predicted molar refractivity (Wildman–Crippen MR) is 103 cm³/mol. The van der Waals surface area contributed by atoms with E-state index in [9.17, 15) is 4.79 Å². The maximum absolute atomic E-state index is 13.2. The molecule has 0 bridgehead atoms. The molecular formula is C20H23ClN2O3. The van der Waals surface area contributed by atoms with Gasteiger partial charge >= 0.3 is 0 Å². The van der Waals surface area contributed by atoms with Gasteiger partial charge in [0.25, 0.3) is 0 Å². The first-order valence-electron chi connectivity index (χ1n) is 8.62. The second kappa shape index (κ2) is 8.43. The zero-order valence-corrected chi connectivity index (χ0v) is 15.8. The van der Waals surface area contributed by atoms with Crippen molar-refractivity contribution in [1.29, 1.82) is 0 Å². The normalized spacial score (nSPS) is 15.4. The number of halogens is 1. The molecule has 0 aromatic heterocycles. The number of rotatable bonds is 5. The van der Waals surface area contributed by atoms with E-state index in [1.807, 2.05) is 48.2 Å². The SMILES string of the molecule is COc1cc(Cl)c(C)cc1N[C@H](C(=O)N1CCOCC1)c1ccccc1. The third-order valence-electron chi connectivity index (χ3n) is 4.48. The fourth-order valence-corrected chi connectivity index (χ4v) is 3.15. The van der Waals surface area contributed by atoms with Crippen LogP contribution in [0.4, 0.5) is 5.69 Å². The second-order valence-corrected chi connectivity index (χ2v) is 6.63. The van der Waals surface area contributed by atoms with E-state index < -0.39 is 6.04 Å². The van der Waals surface area contributed by atoms with Crippen LogP contribution in [0.1, 0.15) is 17.2 Å². The van der Waals surface area contributed by atoms with Gasteiger partial charge in [-0.2, -0.15) is 0 Å². The molecule has 3 rings (SSSR count). The minimum Gasteiger partial charge on any atom is -0.495 e. The van der Waals surface area contributed by atoms with Gasteiger partial charge in [0.2, 0.25) is 5.91 Å². The topological polar surface area (TPSA) is 50.8 Å². The Morgan fingerprint density at radius 2 is 1.92 bits per heavy atom. The highest BCUT2D eigenvalue weighted by atomic mass is 35.5. The standard InChI is InChI=1S/C20H23ClN2O3/c1-14-12-17(18(25-2)13-16(14)21)22-19(15-6-4-3-5-7-15)20(24)23-8-10-26-11-9-23/h3-7,12-13,19,22H,8-11H2,1-2H3/t19-/m0/s1. The largest absolute Gasteiger partial charge is 0.495 e. The predicted octanol–water partition coefficient (Wildman–Crippen LogP) is 3.67. The molecule has 1 aliphatic rings. The summed E-state index contributed by atoms with van der Waals surface area (Å²) in [6.45, 7) is 4.25. The molecule has 2 aromatic rings. The Kier molecular flexibility index (Phi) is 6.01. The van der Waals surface area contributed by atoms with E-state index in [4.69, 9.17) is 21.1 Å². The van der Waals surface area contributed by atoms with Gasteiger partial charge in [0.15, 0.2) is 0 Å². The van der Waals surface area contributed by atoms with Crippen molar-refractivity contribution in [2.75, 3.05) is 38.7 Å². The first-order chi connectivity index (χ1) is 12.6. The number of hydrogen-bond donors (Lipinski definition) is 1. The Morgan fingerprint density at radius 1 is 1.23 bits per heavy atom. The lowest BCUT2D eigenvalue weighted by Gasteiger charge is -2.31. The van der Waals surface area contributed by atoms with Crippen molar-refractivity contribution < 1.29 is 14.3 Å². The Hall–Kier alpha value is -2.24. The molecule has 26 heavy (non-hydrogen) atoms. The molecule has 1 atom stereocenters. The molecule has 1 saturated heterocycles. The fraction of sp³-hybridized carbons (Fsp3) is 0.350. The van der Waals surface area contributed by atoms with E-state index in [1.54, 1.807) is 13.2 Å². The van der Waals surface area contributed by atoms with Crippen LogP contribution in [-0.2, 0) is 9.53 Å². The first kappa shape index (κ1) is 18.5. The van der Waals surface area contributed by atoms with E-state index in [-0.39, 0.29) is 5.91 Å². The van der Waals surface area contributed by atoms with E-state index in [1.165, 1.54) is 0 Å². The Bertz CT molecular complexity index is 761. The van der Waals surface area contributed by atoms with Crippen LogP contribution in [0.3, 0.4) is 0 Å². The Balaban J connectivity index is 1.94. The number of carbonyl (C=O) groups excluding carboxylic acids is 1. The number of morpholine rings is 1. The maximum Gasteiger partial charge on any atom is 0.249 e. The molecule has 0 aliphatic carbocycles. The molecule has 1 aliphatic heterocycles. The van der Waals surface area contributed by atoms with Gasteiger partial charge in [-0.05, 0) is 24.1 Å². The van der Waals surface area contributed by atoms with Crippen molar-refractivity contribution in [3.8, 4) is 5.75 Å². The molecule has 1 N–H and O–H groups in total. The number of methoxy groups -OCH3 is 1. The van der Waals surface area contributed by atoms with Crippen molar-refractivity contribution in [3.05, 3.63) is 58.6 Å². The molecule has 138 valence electrons. The summed E-state index contributed by atoms with van der Waals surface area (Å²) < 4.78 is 10.8. The van der Waals surface area contributed by atoms with Crippen molar-refractivity contribution >= 4 is 23.2 Å². The molecule has 0 spiro atoms. The van der Waals surface area contributed by atoms with Gasteiger partial charge in [0, 0.05) is 24.2 Å².